The van der Waals surface area contributed by atoms with Crippen LogP contribution in [0.15, 0.2) is 36.5 Å². The Hall–Kier alpha value is -2.11. The highest BCUT2D eigenvalue weighted by Gasteiger charge is 2.54. The Morgan fingerprint density at radius 1 is 0.531 bits per heavy atom. The topological polar surface area (TPSA) is 273 Å². The maximum atomic E-state index is 13.0. The van der Waals surface area contributed by atoms with E-state index in [0.29, 0.717) is 19.3 Å². The van der Waals surface area contributed by atoms with Gasteiger partial charge in [-0.3, -0.25) is 28.0 Å². The van der Waals surface area contributed by atoms with E-state index in [-0.39, 0.29) is 18.6 Å². The summed E-state index contributed by atoms with van der Waals surface area (Å²) < 4.78 is 49.3. The van der Waals surface area contributed by atoms with Crippen LogP contribution in [0.25, 0.3) is 0 Å². The minimum atomic E-state index is -5.37. The molecule has 19 heteroatoms. The number of esters is 2. The van der Waals surface area contributed by atoms with Crippen molar-refractivity contribution in [1.29, 1.82) is 0 Å². The van der Waals surface area contributed by atoms with Gasteiger partial charge in [-0.1, -0.05) is 128 Å². The Bertz CT molecular complexity index is 1450. The van der Waals surface area contributed by atoms with E-state index in [4.69, 9.17) is 28.3 Å². The van der Waals surface area contributed by atoms with Gasteiger partial charge in [-0.25, -0.2) is 9.13 Å². The number of ketones is 1. The van der Waals surface area contributed by atoms with Crippen LogP contribution < -0.4 is 0 Å². The Morgan fingerprint density at radius 2 is 1.00 bits per heavy atom. The first-order chi connectivity index (χ1) is 30.5. The molecule has 0 spiro atoms. The van der Waals surface area contributed by atoms with Crippen molar-refractivity contribution >= 4 is 33.4 Å². The van der Waals surface area contributed by atoms with Crippen LogP contribution in [-0.4, -0.2) is 109 Å². The smallest absolute Gasteiger partial charge is 0.462 e. The van der Waals surface area contributed by atoms with E-state index < -0.39 is 83.5 Å². The van der Waals surface area contributed by atoms with E-state index in [0.717, 1.165) is 89.9 Å². The molecular weight excluding hydrogens is 874 g/mol. The monoisotopic (exact) mass is 954 g/mol. The molecule has 7 N–H and O–H groups in total. The third-order valence-electron chi connectivity index (χ3n) is 10.7. The highest BCUT2D eigenvalue weighted by molar-refractivity contribution is 7.47. The highest BCUT2D eigenvalue weighted by atomic mass is 31.2. The zero-order valence-corrected chi connectivity index (χ0v) is 40.0. The molecule has 64 heavy (non-hydrogen) atoms. The minimum absolute atomic E-state index is 0.0167. The second-order valence-electron chi connectivity index (χ2n) is 16.5. The quantitative estimate of drug-likeness (QED) is 0.00770. The predicted octanol–water partition coefficient (Wildman–Crippen LogP) is 7.91. The number of hydrogen-bond acceptors (Lipinski definition) is 14. The molecule has 8 atom stereocenters. The number of hydrogen-bond donors (Lipinski definition) is 7. The summed E-state index contributed by atoms with van der Waals surface area (Å²) in [7, 11) is -10.7. The molecule has 0 aromatic heterocycles. The summed E-state index contributed by atoms with van der Waals surface area (Å²) in [5, 5.41) is 41.2. The van der Waals surface area contributed by atoms with Gasteiger partial charge in [-0.05, 0) is 63.9 Å². The highest BCUT2D eigenvalue weighted by Crippen LogP contribution is 2.49. The predicted molar refractivity (Wildman–Crippen MR) is 242 cm³/mol. The Balaban J connectivity index is 2.63. The normalized spacial score (nSPS) is 22.0. The molecule has 0 aromatic rings. The van der Waals surface area contributed by atoms with Crippen molar-refractivity contribution in [2.45, 2.75) is 217 Å². The van der Waals surface area contributed by atoms with Gasteiger partial charge in [-0.15, -0.1) is 0 Å². The average Bonchev–Trinajstić information content (AvgIpc) is 3.24. The van der Waals surface area contributed by atoms with Crippen molar-refractivity contribution in [2.75, 3.05) is 13.2 Å². The fourth-order valence-electron chi connectivity index (χ4n) is 6.94. The number of aliphatic hydroxyl groups is 4. The number of carbonyl (C=O) groups excluding carboxylic acids is 3. The maximum absolute atomic E-state index is 13.0. The van der Waals surface area contributed by atoms with Gasteiger partial charge in [0.2, 0.25) is 0 Å². The lowest BCUT2D eigenvalue weighted by Gasteiger charge is -2.43. The maximum Gasteiger partial charge on any atom is 0.472 e. The van der Waals surface area contributed by atoms with Gasteiger partial charge in [0.25, 0.3) is 0 Å². The summed E-state index contributed by atoms with van der Waals surface area (Å²) in [5.74, 6) is -1.15. The molecule has 17 nitrogen and oxygen atoms in total. The largest absolute Gasteiger partial charge is 0.472 e. The second kappa shape index (κ2) is 36.0. The molecule has 0 bridgehead atoms. The van der Waals surface area contributed by atoms with Gasteiger partial charge in [0.15, 0.2) is 11.9 Å². The molecule has 0 radical (unpaired) electrons. The van der Waals surface area contributed by atoms with Gasteiger partial charge >= 0.3 is 27.6 Å². The van der Waals surface area contributed by atoms with Crippen molar-refractivity contribution < 1.29 is 81.7 Å². The Labute approximate surface area is 380 Å². The zero-order valence-electron chi connectivity index (χ0n) is 38.2. The van der Waals surface area contributed by atoms with Crippen molar-refractivity contribution in [3.8, 4) is 0 Å². The molecule has 1 saturated carbocycles. The Kier molecular flexibility index (Phi) is 33.7. The summed E-state index contributed by atoms with van der Waals surface area (Å²) >= 11 is 0. The van der Waals surface area contributed by atoms with Crippen LogP contribution in [0.2, 0.25) is 0 Å². The van der Waals surface area contributed by atoms with Crippen molar-refractivity contribution in [2.24, 2.45) is 0 Å². The van der Waals surface area contributed by atoms with Crippen LogP contribution >= 0.6 is 15.6 Å². The zero-order chi connectivity index (χ0) is 47.6. The molecule has 1 rings (SSSR count). The standard InChI is InChI=1S/C45H80O17P2/c1-3-5-7-8-9-10-11-12-13-14-15-18-22-25-29-33-39(48)60-37(34-58-38(47)32-28-24-21-19-16-17-20-23-27-31-36(46)30-26-6-4-2)35-59-64(56,57)62-45-42(51)40(49)41(50)44(43(45)52)61-63(53,54)55/h12-13,20,23,27,31,37,40-45,49-52H,3-11,14-19,21-22,24-26,28-30,32-35H2,1-2H3,(H,56,57)(H2,53,54,55)/b13-12-,23-20-,31-27+/t37-,40?,41?,42?,43?,44-,45+/m1/s1. The van der Waals surface area contributed by atoms with Crippen molar-refractivity contribution in [1.82, 2.24) is 0 Å². The number of carbonyl (C=O) groups is 3. The van der Waals surface area contributed by atoms with Gasteiger partial charge in [0, 0.05) is 19.3 Å². The van der Waals surface area contributed by atoms with Gasteiger partial charge < -0.3 is 44.6 Å². The first-order valence-electron chi connectivity index (χ1n) is 23.5. The number of unbranched alkanes of at least 4 members (excludes halogenated alkanes) is 18. The van der Waals surface area contributed by atoms with Gasteiger partial charge in [0.1, 0.15) is 43.2 Å². The molecular formula is C45H80O17P2. The molecule has 0 heterocycles. The minimum Gasteiger partial charge on any atom is -0.462 e. The molecule has 0 saturated heterocycles. The lowest BCUT2D eigenvalue weighted by molar-refractivity contribution is -0.216. The summed E-state index contributed by atoms with van der Waals surface area (Å²) in [6.45, 7) is 2.91. The lowest BCUT2D eigenvalue weighted by atomic mass is 9.85. The number of phosphoric acid groups is 2. The SMILES string of the molecule is CCCCCCCC/C=C\CCCCCCCC(=O)O[C@H](COC(=O)CCCCCCC/C=C\C=C\C(=O)CCCCC)COP(=O)(O)O[C@H]1C(O)C(O)C(O)[C@@H](OP(=O)(O)O)C1O. The molecule has 372 valence electrons. The van der Waals surface area contributed by atoms with E-state index >= 15 is 0 Å². The number of allylic oxidation sites excluding steroid dienone is 6. The molecule has 1 fully saturated rings. The summed E-state index contributed by atoms with van der Waals surface area (Å²) in [5.41, 5.74) is 0. The van der Waals surface area contributed by atoms with E-state index in [1.807, 2.05) is 12.2 Å². The van der Waals surface area contributed by atoms with Crippen LogP contribution in [0.1, 0.15) is 174 Å². The molecule has 0 aliphatic heterocycles. The van der Waals surface area contributed by atoms with Crippen LogP contribution in [0, 0.1) is 0 Å². The number of ether oxygens (including phenoxy) is 2. The first-order valence-corrected chi connectivity index (χ1v) is 26.5. The third-order valence-corrected chi connectivity index (χ3v) is 12.2. The summed E-state index contributed by atoms with van der Waals surface area (Å²) in [4.78, 5) is 66.0. The average molecular weight is 955 g/mol. The van der Waals surface area contributed by atoms with E-state index in [1.165, 1.54) is 38.5 Å². The lowest BCUT2D eigenvalue weighted by Crippen LogP contribution is -2.64. The fraction of sp³-hybridized carbons (Fsp3) is 0.800. The molecule has 0 amide bonds. The summed E-state index contributed by atoms with van der Waals surface area (Å²) in [6.07, 6.45) is 19.4. The van der Waals surface area contributed by atoms with Crippen LogP contribution in [0.5, 0.6) is 0 Å². The first kappa shape index (κ1) is 59.9. The molecule has 1 aliphatic rings. The third kappa shape index (κ3) is 30.2. The second-order valence-corrected chi connectivity index (χ2v) is 19.1. The van der Waals surface area contributed by atoms with E-state index in [9.17, 15) is 48.8 Å². The van der Waals surface area contributed by atoms with Gasteiger partial charge in [-0.2, -0.15) is 0 Å². The number of phosphoric ester groups is 2. The Morgan fingerprint density at radius 3 is 1.56 bits per heavy atom. The molecule has 5 unspecified atom stereocenters. The summed E-state index contributed by atoms with van der Waals surface area (Å²) in [6, 6.07) is 0. The van der Waals surface area contributed by atoms with E-state index in [2.05, 4.69) is 30.5 Å². The van der Waals surface area contributed by atoms with Crippen molar-refractivity contribution in [3.63, 3.8) is 0 Å². The van der Waals surface area contributed by atoms with Gasteiger partial charge in [0.05, 0.1) is 6.61 Å². The number of rotatable bonds is 39. The van der Waals surface area contributed by atoms with Crippen LogP contribution in [0.4, 0.5) is 0 Å². The van der Waals surface area contributed by atoms with Crippen LogP contribution in [0.3, 0.4) is 0 Å². The van der Waals surface area contributed by atoms with E-state index in [1.54, 1.807) is 12.2 Å². The number of aliphatic hydroxyl groups excluding tert-OH is 4. The fourth-order valence-corrected chi connectivity index (χ4v) is 8.48. The van der Waals surface area contributed by atoms with Crippen molar-refractivity contribution in [3.05, 3.63) is 36.5 Å². The molecule has 1 aliphatic carbocycles. The molecule has 0 aromatic carbocycles. The van der Waals surface area contributed by atoms with Crippen LogP contribution in [-0.2, 0) is 46.6 Å².